The molecule has 1 N–H and O–H groups in total. The fraction of sp³-hybridized carbons (Fsp3) is 0.412. The summed E-state index contributed by atoms with van der Waals surface area (Å²) in [7, 11) is 1.66. The number of benzene rings is 1. The van der Waals surface area contributed by atoms with E-state index in [2.05, 4.69) is 24.1 Å². The van der Waals surface area contributed by atoms with E-state index in [-0.39, 0.29) is 11.8 Å². The number of amides is 1. The van der Waals surface area contributed by atoms with Gasteiger partial charge in [-0.15, -0.1) is 0 Å². The highest BCUT2D eigenvalue weighted by Gasteiger charge is 2.13. The maximum absolute atomic E-state index is 12.4. The number of aromatic nitrogens is 1. The molecule has 21 heavy (non-hydrogen) atoms. The Morgan fingerprint density at radius 1 is 1.33 bits per heavy atom. The van der Waals surface area contributed by atoms with Crippen molar-refractivity contribution in [1.82, 2.24) is 10.3 Å². The number of carbonyl (C=O) groups excluding carboxylic acids is 1. The van der Waals surface area contributed by atoms with Crippen molar-refractivity contribution in [1.29, 1.82) is 0 Å². The SMILES string of the molecule is COCCCNC(=O)c1cc(C(C)C)nc2ccccc12. The Kier molecular flexibility index (Phi) is 5.28. The van der Waals surface area contributed by atoms with E-state index in [4.69, 9.17) is 4.74 Å². The molecule has 0 unspecified atom stereocenters. The molecule has 0 radical (unpaired) electrons. The molecular formula is C17H22N2O2. The van der Waals surface area contributed by atoms with E-state index >= 15 is 0 Å². The smallest absolute Gasteiger partial charge is 0.252 e. The quantitative estimate of drug-likeness (QED) is 0.830. The first-order valence-electron chi connectivity index (χ1n) is 7.30. The molecule has 0 atom stereocenters. The van der Waals surface area contributed by atoms with Crippen LogP contribution in [0.2, 0.25) is 0 Å². The zero-order valence-corrected chi connectivity index (χ0v) is 12.8. The fourth-order valence-electron chi connectivity index (χ4n) is 2.19. The lowest BCUT2D eigenvalue weighted by atomic mass is 10.0. The topological polar surface area (TPSA) is 51.2 Å². The number of para-hydroxylation sites is 1. The number of ether oxygens (including phenoxy) is 1. The number of hydrogen-bond donors (Lipinski definition) is 1. The number of nitrogens with zero attached hydrogens (tertiary/aromatic N) is 1. The van der Waals surface area contributed by atoms with Gasteiger partial charge in [0.1, 0.15) is 0 Å². The summed E-state index contributed by atoms with van der Waals surface area (Å²) in [6.07, 6.45) is 0.808. The van der Waals surface area contributed by atoms with Gasteiger partial charge in [0.2, 0.25) is 0 Å². The van der Waals surface area contributed by atoms with Gasteiger partial charge in [0.15, 0.2) is 0 Å². The Labute approximate surface area is 125 Å². The third-order valence-corrected chi connectivity index (χ3v) is 3.38. The van der Waals surface area contributed by atoms with Crippen molar-refractivity contribution in [2.75, 3.05) is 20.3 Å². The number of pyridine rings is 1. The van der Waals surface area contributed by atoms with Crippen molar-refractivity contribution >= 4 is 16.8 Å². The lowest BCUT2D eigenvalue weighted by Gasteiger charge is -2.12. The second kappa shape index (κ2) is 7.18. The molecule has 0 saturated carbocycles. The van der Waals surface area contributed by atoms with Gasteiger partial charge in [-0.2, -0.15) is 0 Å². The average Bonchev–Trinajstić information content (AvgIpc) is 2.50. The minimum atomic E-state index is -0.0494. The average molecular weight is 286 g/mol. The summed E-state index contributed by atoms with van der Waals surface area (Å²) >= 11 is 0. The fourth-order valence-corrected chi connectivity index (χ4v) is 2.19. The van der Waals surface area contributed by atoms with Crippen LogP contribution in [0.3, 0.4) is 0 Å². The lowest BCUT2D eigenvalue weighted by molar-refractivity contribution is 0.0950. The van der Waals surface area contributed by atoms with Crippen molar-refractivity contribution < 1.29 is 9.53 Å². The van der Waals surface area contributed by atoms with Crippen LogP contribution >= 0.6 is 0 Å². The van der Waals surface area contributed by atoms with Gasteiger partial charge in [0, 0.05) is 31.3 Å². The van der Waals surface area contributed by atoms with Gasteiger partial charge in [-0.25, -0.2) is 0 Å². The zero-order valence-electron chi connectivity index (χ0n) is 12.8. The van der Waals surface area contributed by atoms with E-state index in [9.17, 15) is 4.79 Å². The molecule has 0 aliphatic carbocycles. The van der Waals surface area contributed by atoms with E-state index < -0.39 is 0 Å². The Morgan fingerprint density at radius 3 is 2.81 bits per heavy atom. The molecule has 2 rings (SSSR count). The van der Waals surface area contributed by atoms with Crippen LogP contribution in [-0.4, -0.2) is 31.2 Å². The third kappa shape index (κ3) is 3.79. The molecule has 0 spiro atoms. The number of hydrogen-bond acceptors (Lipinski definition) is 3. The van der Waals surface area contributed by atoms with Crippen LogP contribution in [0.15, 0.2) is 30.3 Å². The van der Waals surface area contributed by atoms with Gasteiger partial charge in [-0.3, -0.25) is 9.78 Å². The van der Waals surface area contributed by atoms with Gasteiger partial charge >= 0.3 is 0 Å². The van der Waals surface area contributed by atoms with Crippen molar-refractivity contribution in [2.45, 2.75) is 26.2 Å². The van der Waals surface area contributed by atoms with Crippen LogP contribution < -0.4 is 5.32 Å². The number of nitrogens with one attached hydrogen (secondary N) is 1. The Hall–Kier alpha value is -1.94. The highest BCUT2D eigenvalue weighted by atomic mass is 16.5. The lowest BCUT2D eigenvalue weighted by Crippen LogP contribution is -2.25. The summed E-state index contributed by atoms with van der Waals surface area (Å²) in [5, 5.41) is 3.84. The van der Waals surface area contributed by atoms with Gasteiger partial charge in [0.25, 0.3) is 5.91 Å². The summed E-state index contributed by atoms with van der Waals surface area (Å²) < 4.78 is 4.99. The molecule has 0 bridgehead atoms. The second-order valence-corrected chi connectivity index (χ2v) is 5.37. The Morgan fingerprint density at radius 2 is 2.10 bits per heavy atom. The molecule has 4 nitrogen and oxygen atoms in total. The summed E-state index contributed by atoms with van der Waals surface area (Å²) in [5.74, 6) is 0.237. The van der Waals surface area contributed by atoms with Crippen LogP contribution in [0.1, 0.15) is 42.2 Å². The first kappa shape index (κ1) is 15.4. The molecule has 0 aliphatic heterocycles. The van der Waals surface area contributed by atoms with E-state index in [1.165, 1.54) is 0 Å². The van der Waals surface area contributed by atoms with Crippen LogP contribution in [0, 0.1) is 0 Å². The number of carbonyl (C=O) groups is 1. The summed E-state index contributed by atoms with van der Waals surface area (Å²) in [6.45, 7) is 5.42. The first-order valence-corrected chi connectivity index (χ1v) is 7.30. The van der Waals surface area contributed by atoms with Crippen molar-refractivity contribution in [3.8, 4) is 0 Å². The van der Waals surface area contributed by atoms with E-state index in [0.29, 0.717) is 18.7 Å². The maximum Gasteiger partial charge on any atom is 0.252 e. The van der Waals surface area contributed by atoms with Gasteiger partial charge < -0.3 is 10.1 Å². The molecule has 1 heterocycles. The molecule has 0 aliphatic rings. The minimum Gasteiger partial charge on any atom is -0.385 e. The minimum absolute atomic E-state index is 0.0494. The second-order valence-electron chi connectivity index (χ2n) is 5.37. The molecule has 0 fully saturated rings. The first-order chi connectivity index (χ1) is 10.1. The highest BCUT2D eigenvalue weighted by molar-refractivity contribution is 6.06. The van der Waals surface area contributed by atoms with Crippen LogP contribution in [0.4, 0.5) is 0 Å². The van der Waals surface area contributed by atoms with E-state index in [0.717, 1.165) is 23.0 Å². The van der Waals surface area contributed by atoms with Gasteiger partial charge in [-0.1, -0.05) is 32.0 Å². The van der Waals surface area contributed by atoms with Gasteiger partial charge in [0.05, 0.1) is 11.1 Å². The molecule has 1 amide bonds. The van der Waals surface area contributed by atoms with Crippen LogP contribution in [-0.2, 0) is 4.74 Å². The number of methoxy groups -OCH3 is 1. The van der Waals surface area contributed by atoms with E-state index in [1.54, 1.807) is 7.11 Å². The molecule has 4 heteroatoms. The van der Waals surface area contributed by atoms with Crippen molar-refractivity contribution in [3.05, 3.63) is 41.6 Å². The molecule has 1 aromatic heterocycles. The molecule has 2 aromatic rings. The maximum atomic E-state index is 12.4. The summed E-state index contributed by atoms with van der Waals surface area (Å²) in [6, 6.07) is 9.67. The van der Waals surface area contributed by atoms with E-state index in [1.807, 2.05) is 30.3 Å². The Bertz CT molecular complexity index is 623. The molecule has 0 saturated heterocycles. The predicted molar refractivity (Wildman–Crippen MR) is 84.7 cm³/mol. The van der Waals surface area contributed by atoms with Gasteiger partial charge in [-0.05, 0) is 24.5 Å². The standard InChI is InChI=1S/C17H22N2O2/c1-12(2)16-11-14(17(20)18-9-6-10-21-3)13-7-4-5-8-15(13)19-16/h4-5,7-8,11-12H,6,9-10H2,1-3H3,(H,18,20). The largest absolute Gasteiger partial charge is 0.385 e. The Balaban J connectivity index is 2.30. The third-order valence-electron chi connectivity index (χ3n) is 3.38. The summed E-state index contributed by atoms with van der Waals surface area (Å²) in [5.41, 5.74) is 2.50. The normalized spacial score (nSPS) is 11.0. The molecule has 1 aromatic carbocycles. The summed E-state index contributed by atoms with van der Waals surface area (Å²) in [4.78, 5) is 17.0. The predicted octanol–water partition coefficient (Wildman–Crippen LogP) is 3.12. The van der Waals surface area contributed by atoms with Crippen LogP contribution in [0.25, 0.3) is 10.9 Å². The number of rotatable bonds is 6. The van der Waals surface area contributed by atoms with Crippen LogP contribution in [0.5, 0.6) is 0 Å². The number of fused-ring (bicyclic) bond motifs is 1. The monoisotopic (exact) mass is 286 g/mol. The highest BCUT2D eigenvalue weighted by Crippen LogP contribution is 2.22. The molecule has 112 valence electrons. The zero-order chi connectivity index (χ0) is 15.2. The van der Waals surface area contributed by atoms with Crippen molar-refractivity contribution in [2.24, 2.45) is 0 Å². The van der Waals surface area contributed by atoms with Crippen molar-refractivity contribution in [3.63, 3.8) is 0 Å². The molecular weight excluding hydrogens is 264 g/mol.